The third-order valence-electron chi connectivity index (χ3n) is 3.76. The summed E-state index contributed by atoms with van der Waals surface area (Å²) in [7, 11) is -4.49. The zero-order valence-corrected chi connectivity index (χ0v) is 12.9. The average Bonchev–Trinajstić information content (AvgIpc) is 2.93. The molecule has 0 saturated carbocycles. The zero-order chi connectivity index (χ0) is 15.3. The van der Waals surface area contributed by atoms with E-state index in [-0.39, 0.29) is 6.42 Å². The standard InChI is InChI=1S/C16H20FNO2S/c1-2-3-5-14-6-8-15(9-7-14)16(10-4-12-18-16)11-13-21(17,19)20/h4,6-10,12H,2-3,5,11,13H2,1H3. The first kappa shape index (κ1) is 15.9. The summed E-state index contributed by atoms with van der Waals surface area (Å²) in [5.41, 5.74) is 1.40. The molecule has 5 heteroatoms. The molecule has 0 saturated heterocycles. The Morgan fingerprint density at radius 1 is 1.24 bits per heavy atom. The van der Waals surface area contributed by atoms with Crippen LogP contribution in [0.3, 0.4) is 0 Å². The highest BCUT2D eigenvalue weighted by Gasteiger charge is 2.31. The molecule has 1 aromatic carbocycles. The smallest absolute Gasteiger partial charge is 0.278 e. The van der Waals surface area contributed by atoms with Gasteiger partial charge in [-0.25, -0.2) is 0 Å². The summed E-state index contributed by atoms with van der Waals surface area (Å²) < 4.78 is 34.4. The van der Waals surface area contributed by atoms with Gasteiger partial charge >= 0.3 is 10.2 Å². The summed E-state index contributed by atoms with van der Waals surface area (Å²) in [4.78, 5) is 4.37. The van der Waals surface area contributed by atoms with Gasteiger partial charge in [-0.15, -0.1) is 3.89 Å². The highest BCUT2D eigenvalue weighted by molar-refractivity contribution is 7.86. The maximum Gasteiger partial charge on any atom is 0.302 e. The summed E-state index contributed by atoms with van der Waals surface area (Å²) in [5, 5.41) is 0. The van der Waals surface area contributed by atoms with Gasteiger partial charge in [0.05, 0.1) is 5.75 Å². The Kier molecular flexibility index (Phi) is 4.93. The molecule has 0 bridgehead atoms. The van der Waals surface area contributed by atoms with Crippen molar-refractivity contribution in [3.8, 4) is 0 Å². The van der Waals surface area contributed by atoms with E-state index in [4.69, 9.17) is 0 Å². The van der Waals surface area contributed by atoms with Crippen molar-refractivity contribution in [1.29, 1.82) is 0 Å². The lowest BCUT2D eigenvalue weighted by Crippen LogP contribution is -2.22. The Labute approximate surface area is 125 Å². The number of aryl methyl sites for hydroxylation is 1. The van der Waals surface area contributed by atoms with Crippen molar-refractivity contribution in [2.45, 2.75) is 38.1 Å². The van der Waals surface area contributed by atoms with Crippen molar-refractivity contribution in [3.05, 3.63) is 47.5 Å². The van der Waals surface area contributed by atoms with Crippen LogP contribution in [-0.4, -0.2) is 20.4 Å². The zero-order valence-electron chi connectivity index (χ0n) is 12.1. The Bertz CT molecular complexity index is 621. The maximum absolute atomic E-state index is 12.8. The van der Waals surface area contributed by atoms with Gasteiger partial charge in [0.1, 0.15) is 5.54 Å². The molecule has 0 N–H and O–H groups in total. The molecule has 21 heavy (non-hydrogen) atoms. The van der Waals surface area contributed by atoms with Crippen molar-refractivity contribution in [1.82, 2.24) is 0 Å². The molecule has 1 aliphatic heterocycles. The summed E-state index contributed by atoms with van der Waals surface area (Å²) >= 11 is 0. The highest BCUT2D eigenvalue weighted by Crippen LogP contribution is 2.34. The summed E-state index contributed by atoms with van der Waals surface area (Å²) in [5.74, 6) is -0.522. The van der Waals surface area contributed by atoms with Crippen molar-refractivity contribution in [3.63, 3.8) is 0 Å². The fourth-order valence-electron chi connectivity index (χ4n) is 2.50. The molecule has 0 radical (unpaired) electrons. The SMILES string of the molecule is CCCCc1ccc(C2(CCS(=O)(=O)F)C=CC=N2)cc1. The summed E-state index contributed by atoms with van der Waals surface area (Å²) in [6.07, 6.45) is 8.68. The van der Waals surface area contributed by atoms with Crippen LogP contribution in [0, 0.1) is 0 Å². The predicted octanol–water partition coefficient (Wildman–Crippen LogP) is 3.55. The fourth-order valence-corrected chi connectivity index (χ4v) is 3.06. The van der Waals surface area contributed by atoms with Gasteiger partial charge in [0, 0.05) is 6.21 Å². The molecule has 114 valence electrons. The second-order valence-electron chi connectivity index (χ2n) is 5.35. The molecule has 2 rings (SSSR count). The van der Waals surface area contributed by atoms with E-state index in [1.54, 1.807) is 12.3 Å². The van der Waals surface area contributed by atoms with Crippen molar-refractivity contribution >= 4 is 16.4 Å². The van der Waals surface area contributed by atoms with E-state index >= 15 is 0 Å². The van der Waals surface area contributed by atoms with Gasteiger partial charge in [0.2, 0.25) is 0 Å². The monoisotopic (exact) mass is 309 g/mol. The third-order valence-corrected chi connectivity index (χ3v) is 4.45. The molecule has 0 fully saturated rings. The number of aliphatic imine (C=N–C) groups is 1. The Morgan fingerprint density at radius 2 is 1.95 bits per heavy atom. The molecular formula is C16H20FNO2S. The first-order valence-electron chi connectivity index (χ1n) is 7.20. The quantitative estimate of drug-likeness (QED) is 0.723. The topological polar surface area (TPSA) is 46.5 Å². The van der Waals surface area contributed by atoms with Gasteiger partial charge in [0.25, 0.3) is 0 Å². The van der Waals surface area contributed by atoms with Crippen LogP contribution in [0.5, 0.6) is 0 Å². The molecule has 3 nitrogen and oxygen atoms in total. The van der Waals surface area contributed by atoms with Crippen LogP contribution in [0.15, 0.2) is 41.4 Å². The summed E-state index contributed by atoms with van der Waals surface area (Å²) in [6, 6.07) is 8.00. The molecule has 1 heterocycles. The Hall–Kier alpha value is -1.49. The minimum Gasteiger partial charge on any atom is -0.278 e. The number of hydrogen-bond acceptors (Lipinski definition) is 3. The van der Waals surface area contributed by atoms with Crippen LogP contribution >= 0.6 is 0 Å². The van der Waals surface area contributed by atoms with Gasteiger partial charge in [-0.05, 0) is 36.5 Å². The van der Waals surface area contributed by atoms with Gasteiger partial charge in [-0.1, -0.05) is 43.7 Å². The Balaban J connectivity index is 2.19. The Morgan fingerprint density at radius 3 is 2.48 bits per heavy atom. The minimum absolute atomic E-state index is 0.118. The molecule has 0 amide bonds. The first-order valence-corrected chi connectivity index (χ1v) is 8.75. The minimum atomic E-state index is -4.49. The van der Waals surface area contributed by atoms with E-state index in [2.05, 4.69) is 11.9 Å². The molecule has 1 aromatic rings. The average molecular weight is 309 g/mol. The van der Waals surface area contributed by atoms with E-state index in [9.17, 15) is 12.3 Å². The molecule has 0 spiro atoms. The largest absolute Gasteiger partial charge is 0.302 e. The number of benzene rings is 1. The first-order chi connectivity index (χ1) is 9.95. The van der Waals surface area contributed by atoms with Crippen LogP contribution < -0.4 is 0 Å². The summed E-state index contributed by atoms with van der Waals surface area (Å²) in [6.45, 7) is 2.15. The number of nitrogens with zero attached hydrogens (tertiary/aromatic N) is 1. The van der Waals surface area contributed by atoms with Crippen molar-refractivity contribution in [2.75, 3.05) is 5.75 Å². The molecular weight excluding hydrogens is 289 g/mol. The number of halogens is 1. The van der Waals surface area contributed by atoms with Gasteiger partial charge in [0.15, 0.2) is 0 Å². The number of unbranched alkanes of at least 4 members (excludes halogenated alkanes) is 1. The van der Waals surface area contributed by atoms with Crippen LogP contribution in [-0.2, 0) is 22.2 Å². The van der Waals surface area contributed by atoms with E-state index in [0.717, 1.165) is 24.8 Å². The van der Waals surface area contributed by atoms with E-state index in [1.807, 2.05) is 30.3 Å². The molecule has 1 aliphatic rings. The van der Waals surface area contributed by atoms with Crippen LogP contribution in [0.25, 0.3) is 0 Å². The predicted molar refractivity (Wildman–Crippen MR) is 83.9 cm³/mol. The lowest BCUT2D eigenvalue weighted by atomic mass is 9.87. The molecule has 0 aliphatic carbocycles. The van der Waals surface area contributed by atoms with Gasteiger partial charge in [-0.3, -0.25) is 4.99 Å². The normalized spacial score (nSPS) is 21.0. The van der Waals surface area contributed by atoms with E-state index in [0.29, 0.717) is 0 Å². The second kappa shape index (κ2) is 6.52. The fraction of sp³-hybridized carbons (Fsp3) is 0.438. The molecule has 1 atom stereocenters. The molecule has 0 aromatic heterocycles. The van der Waals surface area contributed by atoms with Crippen molar-refractivity contribution < 1.29 is 12.3 Å². The lowest BCUT2D eigenvalue weighted by Gasteiger charge is -2.24. The van der Waals surface area contributed by atoms with Gasteiger partial charge < -0.3 is 0 Å². The number of hydrogen-bond donors (Lipinski definition) is 0. The maximum atomic E-state index is 12.8. The molecule has 1 unspecified atom stereocenters. The van der Waals surface area contributed by atoms with Crippen molar-refractivity contribution in [2.24, 2.45) is 4.99 Å². The lowest BCUT2D eigenvalue weighted by molar-refractivity contribution is 0.517. The second-order valence-corrected chi connectivity index (χ2v) is 6.84. The third kappa shape index (κ3) is 4.24. The van der Waals surface area contributed by atoms with Crippen LogP contribution in [0.4, 0.5) is 3.89 Å². The van der Waals surface area contributed by atoms with E-state index < -0.39 is 21.5 Å². The van der Waals surface area contributed by atoms with Gasteiger partial charge in [-0.2, -0.15) is 8.42 Å². The number of allylic oxidation sites excluding steroid dienone is 1. The number of rotatable bonds is 7. The van der Waals surface area contributed by atoms with Crippen LogP contribution in [0.1, 0.15) is 37.3 Å². The van der Waals surface area contributed by atoms with Crippen LogP contribution in [0.2, 0.25) is 0 Å². The highest BCUT2D eigenvalue weighted by atomic mass is 32.3. The van der Waals surface area contributed by atoms with E-state index in [1.165, 1.54) is 5.56 Å².